The predicted octanol–water partition coefficient (Wildman–Crippen LogP) is 2.56. The van der Waals surface area contributed by atoms with E-state index in [1.165, 1.54) is 11.3 Å². The van der Waals surface area contributed by atoms with Crippen molar-refractivity contribution in [2.24, 2.45) is 5.73 Å². The van der Waals surface area contributed by atoms with E-state index in [1.54, 1.807) is 11.8 Å². The SMILES string of the molecule is NC1(C(=O)NCCSc2ccccc2)CCCCC1. The number of thioether (sulfide) groups is 1. The molecule has 0 atom stereocenters. The average Bonchev–Trinajstić information content (AvgIpc) is 2.45. The summed E-state index contributed by atoms with van der Waals surface area (Å²) in [6, 6.07) is 10.2. The van der Waals surface area contributed by atoms with Crippen molar-refractivity contribution in [3.05, 3.63) is 30.3 Å². The van der Waals surface area contributed by atoms with E-state index in [-0.39, 0.29) is 5.91 Å². The van der Waals surface area contributed by atoms with Gasteiger partial charge in [0.05, 0.1) is 5.54 Å². The zero-order valence-electron chi connectivity index (χ0n) is 11.2. The van der Waals surface area contributed by atoms with Gasteiger partial charge in [-0.25, -0.2) is 0 Å². The predicted molar refractivity (Wildman–Crippen MR) is 80.2 cm³/mol. The summed E-state index contributed by atoms with van der Waals surface area (Å²) in [5.41, 5.74) is 5.56. The number of rotatable bonds is 5. The molecule has 1 aromatic rings. The molecule has 0 heterocycles. The smallest absolute Gasteiger partial charge is 0.240 e. The average molecular weight is 278 g/mol. The van der Waals surface area contributed by atoms with Crippen LogP contribution < -0.4 is 11.1 Å². The molecule has 0 radical (unpaired) electrons. The third kappa shape index (κ3) is 4.25. The summed E-state index contributed by atoms with van der Waals surface area (Å²) in [6.07, 6.45) is 5.00. The van der Waals surface area contributed by atoms with Crippen LogP contribution in [0.5, 0.6) is 0 Å². The monoisotopic (exact) mass is 278 g/mol. The third-order valence-corrected chi connectivity index (χ3v) is 4.61. The van der Waals surface area contributed by atoms with Crippen LogP contribution >= 0.6 is 11.8 Å². The van der Waals surface area contributed by atoms with Gasteiger partial charge in [0.25, 0.3) is 0 Å². The van der Waals surface area contributed by atoms with Crippen molar-refractivity contribution in [1.29, 1.82) is 0 Å². The number of benzene rings is 1. The molecule has 4 heteroatoms. The van der Waals surface area contributed by atoms with Crippen molar-refractivity contribution >= 4 is 17.7 Å². The standard InChI is InChI=1S/C15H22N2OS/c16-15(9-5-2-6-10-15)14(18)17-11-12-19-13-7-3-1-4-8-13/h1,3-4,7-8H,2,5-6,9-12,16H2,(H,17,18). The minimum atomic E-state index is -0.615. The highest BCUT2D eigenvalue weighted by Crippen LogP contribution is 2.26. The van der Waals surface area contributed by atoms with Gasteiger partial charge in [0.1, 0.15) is 0 Å². The highest BCUT2D eigenvalue weighted by Gasteiger charge is 2.34. The van der Waals surface area contributed by atoms with Crippen LogP contribution in [0.25, 0.3) is 0 Å². The quantitative estimate of drug-likeness (QED) is 0.643. The molecule has 1 aromatic carbocycles. The van der Waals surface area contributed by atoms with E-state index in [2.05, 4.69) is 17.4 Å². The molecule has 0 bridgehead atoms. The first kappa shape index (κ1) is 14.4. The zero-order valence-corrected chi connectivity index (χ0v) is 12.0. The van der Waals surface area contributed by atoms with E-state index >= 15 is 0 Å². The van der Waals surface area contributed by atoms with E-state index in [9.17, 15) is 4.79 Å². The summed E-state index contributed by atoms with van der Waals surface area (Å²) in [5.74, 6) is 0.909. The first-order valence-electron chi connectivity index (χ1n) is 6.96. The lowest BCUT2D eigenvalue weighted by Crippen LogP contribution is -2.55. The van der Waals surface area contributed by atoms with Gasteiger partial charge in [-0.1, -0.05) is 37.5 Å². The van der Waals surface area contributed by atoms with Crippen LogP contribution in [0.15, 0.2) is 35.2 Å². The molecular formula is C15H22N2OS. The lowest BCUT2D eigenvalue weighted by molar-refractivity contribution is -0.127. The molecular weight excluding hydrogens is 256 g/mol. The summed E-state index contributed by atoms with van der Waals surface area (Å²) in [5, 5.41) is 2.98. The summed E-state index contributed by atoms with van der Waals surface area (Å²) >= 11 is 1.75. The summed E-state index contributed by atoms with van der Waals surface area (Å²) in [6.45, 7) is 0.678. The molecule has 3 N–H and O–H groups in total. The van der Waals surface area contributed by atoms with Gasteiger partial charge in [-0.15, -0.1) is 11.8 Å². The van der Waals surface area contributed by atoms with Gasteiger partial charge in [0.15, 0.2) is 0 Å². The number of amides is 1. The first-order chi connectivity index (χ1) is 9.21. The second-order valence-corrected chi connectivity index (χ2v) is 6.30. The van der Waals surface area contributed by atoms with Crippen LogP contribution in [0.1, 0.15) is 32.1 Å². The Balaban J connectivity index is 1.69. The lowest BCUT2D eigenvalue weighted by atomic mass is 9.82. The van der Waals surface area contributed by atoms with E-state index in [4.69, 9.17) is 5.73 Å². The molecule has 2 rings (SSSR count). The molecule has 1 aliphatic rings. The minimum Gasteiger partial charge on any atom is -0.354 e. The summed E-state index contributed by atoms with van der Waals surface area (Å²) < 4.78 is 0. The van der Waals surface area contributed by atoms with Gasteiger partial charge >= 0.3 is 0 Å². The Kier molecular flexibility index (Phi) is 5.28. The first-order valence-corrected chi connectivity index (χ1v) is 7.94. The van der Waals surface area contributed by atoms with Crippen LogP contribution in [0, 0.1) is 0 Å². The Morgan fingerprint density at radius 3 is 2.58 bits per heavy atom. The van der Waals surface area contributed by atoms with Crippen molar-refractivity contribution in [3.63, 3.8) is 0 Å². The fourth-order valence-corrected chi connectivity index (χ4v) is 3.23. The van der Waals surface area contributed by atoms with Gasteiger partial charge in [-0.05, 0) is 25.0 Å². The van der Waals surface area contributed by atoms with Gasteiger partial charge in [-0.3, -0.25) is 4.79 Å². The van der Waals surface area contributed by atoms with Crippen molar-refractivity contribution in [2.45, 2.75) is 42.5 Å². The van der Waals surface area contributed by atoms with Gasteiger partial charge in [0.2, 0.25) is 5.91 Å². The fraction of sp³-hybridized carbons (Fsp3) is 0.533. The number of hydrogen-bond acceptors (Lipinski definition) is 3. The Bertz CT molecular complexity index is 402. The molecule has 1 saturated carbocycles. The van der Waals surface area contributed by atoms with Crippen LogP contribution in [-0.2, 0) is 4.79 Å². The maximum Gasteiger partial charge on any atom is 0.240 e. The van der Waals surface area contributed by atoms with Crippen LogP contribution in [0.2, 0.25) is 0 Å². The minimum absolute atomic E-state index is 0.0286. The molecule has 1 fully saturated rings. The summed E-state index contributed by atoms with van der Waals surface area (Å²) in [7, 11) is 0. The number of nitrogens with two attached hydrogens (primary N) is 1. The van der Waals surface area contributed by atoms with Gasteiger partial charge < -0.3 is 11.1 Å². The second-order valence-electron chi connectivity index (χ2n) is 5.13. The zero-order chi connectivity index (χ0) is 13.6. The van der Waals surface area contributed by atoms with E-state index in [1.807, 2.05) is 18.2 Å². The van der Waals surface area contributed by atoms with Crippen LogP contribution in [-0.4, -0.2) is 23.7 Å². The van der Waals surface area contributed by atoms with E-state index in [0.717, 1.165) is 31.4 Å². The van der Waals surface area contributed by atoms with Crippen LogP contribution in [0.3, 0.4) is 0 Å². The highest BCUT2D eigenvalue weighted by molar-refractivity contribution is 7.99. The highest BCUT2D eigenvalue weighted by atomic mass is 32.2. The molecule has 19 heavy (non-hydrogen) atoms. The molecule has 0 saturated heterocycles. The summed E-state index contributed by atoms with van der Waals surface area (Å²) in [4.78, 5) is 13.3. The number of hydrogen-bond donors (Lipinski definition) is 2. The van der Waals surface area contributed by atoms with Gasteiger partial charge in [0, 0.05) is 17.2 Å². The number of nitrogens with one attached hydrogen (secondary N) is 1. The number of carbonyl (C=O) groups is 1. The fourth-order valence-electron chi connectivity index (χ4n) is 2.44. The van der Waals surface area contributed by atoms with Crippen molar-refractivity contribution in [2.75, 3.05) is 12.3 Å². The maximum atomic E-state index is 12.1. The largest absolute Gasteiger partial charge is 0.354 e. The third-order valence-electron chi connectivity index (χ3n) is 3.60. The second kappa shape index (κ2) is 6.96. The Morgan fingerprint density at radius 2 is 1.89 bits per heavy atom. The molecule has 0 aromatic heterocycles. The molecule has 104 valence electrons. The molecule has 0 aliphatic heterocycles. The van der Waals surface area contributed by atoms with Gasteiger partial charge in [-0.2, -0.15) is 0 Å². The molecule has 0 spiro atoms. The Hall–Kier alpha value is -1.00. The van der Waals surface area contributed by atoms with Crippen LogP contribution in [0.4, 0.5) is 0 Å². The van der Waals surface area contributed by atoms with Crippen molar-refractivity contribution in [1.82, 2.24) is 5.32 Å². The Labute approximate surface area is 119 Å². The van der Waals surface area contributed by atoms with Crippen molar-refractivity contribution < 1.29 is 4.79 Å². The molecule has 1 amide bonds. The Morgan fingerprint density at radius 1 is 1.21 bits per heavy atom. The van der Waals surface area contributed by atoms with E-state index in [0.29, 0.717) is 6.54 Å². The lowest BCUT2D eigenvalue weighted by Gasteiger charge is -2.31. The normalized spacial score (nSPS) is 17.9. The molecule has 1 aliphatic carbocycles. The number of carbonyl (C=O) groups excluding carboxylic acids is 1. The van der Waals surface area contributed by atoms with E-state index < -0.39 is 5.54 Å². The molecule has 0 unspecified atom stereocenters. The van der Waals surface area contributed by atoms with Crippen molar-refractivity contribution in [3.8, 4) is 0 Å². The topological polar surface area (TPSA) is 55.1 Å². The maximum absolute atomic E-state index is 12.1. The molecule has 3 nitrogen and oxygen atoms in total.